The van der Waals surface area contributed by atoms with E-state index in [4.69, 9.17) is 27.9 Å². The molecule has 1 amide bonds. The van der Waals surface area contributed by atoms with Crippen molar-refractivity contribution in [3.05, 3.63) is 81.6 Å². The lowest BCUT2D eigenvalue weighted by atomic mass is 10.2. The maximum absolute atomic E-state index is 12.5. The van der Waals surface area contributed by atoms with E-state index in [1.54, 1.807) is 11.6 Å². The Bertz CT molecular complexity index is 926. The third kappa shape index (κ3) is 4.81. The molecule has 0 aliphatic carbocycles. The molecule has 0 unspecified atom stereocenters. The Morgan fingerprint density at radius 3 is 2.56 bits per heavy atom. The molecule has 0 atom stereocenters. The third-order valence-electron chi connectivity index (χ3n) is 3.97. The summed E-state index contributed by atoms with van der Waals surface area (Å²) in [6, 6.07) is 16.9. The van der Waals surface area contributed by atoms with E-state index in [1.807, 2.05) is 54.6 Å². The smallest absolute Gasteiger partial charge is 0.256 e. The second kappa shape index (κ2) is 8.93. The van der Waals surface area contributed by atoms with E-state index in [-0.39, 0.29) is 11.1 Å². The molecule has 0 spiro atoms. The van der Waals surface area contributed by atoms with Gasteiger partial charge in [0.1, 0.15) is 17.5 Å². The Balaban J connectivity index is 1.61. The van der Waals surface area contributed by atoms with Gasteiger partial charge in [-0.1, -0.05) is 59.6 Å². The summed E-state index contributed by atoms with van der Waals surface area (Å²) >= 11 is 12.6. The first-order valence-corrected chi connectivity index (χ1v) is 9.24. The third-order valence-corrected chi connectivity index (χ3v) is 4.72. The molecule has 0 bridgehead atoms. The first kappa shape index (κ1) is 19.3. The molecule has 2 aromatic carbocycles. The largest absolute Gasteiger partial charge is 0.492 e. The summed E-state index contributed by atoms with van der Waals surface area (Å²) in [5.74, 6) is 0.480. The van der Waals surface area contributed by atoms with Crippen LogP contribution in [0.15, 0.2) is 54.6 Å². The molecule has 1 N–H and O–H groups in total. The monoisotopic (exact) mass is 403 g/mol. The fourth-order valence-corrected chi connectivity index (χ4v) is 3.16. The number of benzene rings is 2. The summed E-state index contributed by atoms with van der Waals surface area (Å²) in [6.07, 6.45) is 0. The van der Waals surface area contributed by atoms with Crippen molar-refractivity contribution in [1.29, 1.82) is 0 Å². The molecule has 0 aliphatic heterocycles. The second-order valence-corrected chi connectivity index (χ2v) is 6.68. The molecule has 140 valence electrons. The number of ether oxygens (including phenoxy) is 1. The Hall–Kier alpha value is -2.50. The van der Waals surface area contributed by atoms with Crippen LogP contribution >= 0.6 is 23.2 Å². The van der Waals surface area contributed by atoms with Crippen LogP contribution in [-0.2, 0) is 6.54 Å². The molecule has 0 saturated carbocycles. The van der Waals surface area contributed by atoms with Gasteiger partial charge in [0, 0.05) is 5.02 Å². The molecule has 0 aliphatic rings. The summed E-state index contributed by atoms with van der Waals surface area (Å²) in [7, 11) is 0. The number of hydrogen-bond acceptors (Lipinski definition) is 3. The van der Waals surface area contributed by atoms with Gasteiger partial charge >= 0.3 is 0 Å². The van der Waals surface area contributed by atoms with Gasteiger partial charge in [0.05, 0.1) is 24.3 Å². The minimum absolute atomic E-state index is 0.278. The fourth-order valence-electron chi connectivity index (χ4n) is 2.64. The van der Waals surface area contributed by atoms with Crippen molar-refractivity contribution in [2.45, 2.75) is 13.5 Å². The molecule has 3 rings (SSSR count). The van der Waals surface area contributed by atoms with Gasteiger partial charge in [0.15, 0.2) is 0 Å². The number of rotatable bonds is 7. The topological polar surface area (TPSA) is 56.2 Å². The van der Waals surface area contributed by atoms with Crippen LogP contribution in [0.5, 0.6) is 5.75 Å². The van der Waals surface area contributed by atoms with Gasteiger partial charge in [-0.05, 0) is 30.7 Å². The van der Waals surface area contributed by atoms with Crippen LogP contribution in [0.3, 0.4) is 0 Å². The summed E-state index contributed by atoms with van der Waals surface area (Å²) in [5.41, 5.74) is 1.81. The summed E-state index contributed by atoms with van der Waals surface area (Å²) < 4.78 is 7.14. The zero-order valence-electron chi connectivity index (χ0n) is 14.8. The molecule has 7 heteroatoms. The van der Waals surface area contributed by atoms with Crippen molar-refractivity contribution in [1.82, 2.24) is 15.1 Å². The number of hydrogen-bond donors (Lipinski definition) is 1. The standard InChI is InChI=1S/C20H19Cl2N3O2/c1-14-18(20(26)23-11-12-27-16-8-3-2-4-9-16)19(22)25(24-14)13-15-7-5-6-10-17(15)21/h2-10H,11-13H2,1H3,(H,23,26). The van der Waals surface area contributed by atoms with E-state index in [9.17, 15) is 4.79 Å². The van der Waals surface area contributed by atoms with Crippen LogP contribution in [0.1, 0.15) is 21.6 Å². The minimum Gasteiger partial charge on any atom is -0.492 e. The van der Waals surface area contributed by atoms with Crippen molar-refractivity contribution < 1.29 is 9.53 Å². The number of halogens is 2. The minimum atomic E-state index is -0.278. The maximum Gasteiger partial charge on any atom is 0.256 e. The van der Waals surface area contributed by atoms with Crippen LogP contribution in [0, 0.1) is 6.92 Å². The highest BCUT2D eigenvalue weighted by atomic mass is 35.5. The van der Waals surface area contributed by atoms with Gasteiger partial charge in [0.25, 0.3) is 5.91 Å². The lowest BCUT2D eigenvalue weighted by Gasteiger charge is -2.08. The average Bonchev–Trinajstić information content (AvgIpc) is 2.95. The zero-order valence-corrected chi connectivity index (χ0v) is 16.3. The van der Waals surface area contributed by atoms with E-state index >= 15 is 0 Å². The molecule has 5 nitrogen and oxygen atoms in total. The number of carbonyl (C=O) groups is 1. The maximum atomic E-state index is 12.5. The Labute approximate surface area is 167 Å². The predicted molar refractivity (Wildman–Crippen MR) is 107 cm³/mol. The molecular weight excluding hydrogens is 385 g/mol. The summed E-state index contributed by atoms with van der Waals surface area (Å²) in [6.45, 7) is 2.87. The number of aromatic nitrogens is 2. The predicted octanol–water partition coefficient (Wildman–Crippen LogP) is 4.36. The number of para-hydroxylation sites is 1. The highest BCUT2D eigenvalue weighted by Gasteiger charge is 2.20. The average molecular weight is 404 g/mol. The van der Waals surface area contributed by atoms with E-state index in [0.717, 1.165) is 11.3 Å². The van der Waals surface area contributed by atoms with Gasteiger partial charge in [-0.2, -0.15) is 5.10 Å². The first-order chi connectivity index (χ1) is 13.1. The highest BCUT2D eigenvalue weighted by Crippen LogP contribution is 2.23. The van der Waals surface area contributed by atoms with Crippen molar-refractivity contribution in [3.8, 4) is 5.75 Å². The molecule has 27 heavy (non-hydrogen) atoms. The zero-order chi connectivity index (χ0) is 19.2. The number of aryl methyl sites for hydroxylation is 1. The quantitative estimate of drug-likeness (QED) is 0.596. The fraction of sp³-hybridized carbons (Fsp3) is 0.200. The van der Waals surface area contributed by atoms with Crippen molar-refractivity contribution in [2.75, 3.05) is 13.2 Å². The van der Waals surface area contributed by atoms with Crippen LogP contribution in [0.4, 0.5) is 0 Å². The van der Waals surface area contributed by atoms with Gasteiger partial charge < -0.3 is 10.1 Å². The lowest BCUT2D eigenvalue weighted by molar-refractivity contribution is 0.0946. The van der Waals surface area contributed by atoms with E-state index in [1.165, 1.54) is 0 Å². The van der Waals surface area contributed by atoms with Crippen LogP contribution in [-0.4, -0.2) is 28.8 Å². The molecule has 0 radical (unpaired) electrons. The van der Waals surface area contributed by atoms with Crippen molar-refractivity contribution in [2.24, 2.45) is 0 Å². The SMILES string of the molecule is Cc1nn(Cc2ccccc2Cl)c(Cl)c1C(=O)NCCOc1ccccc1. The van der Waals surface area contributed by atoms with Crippen molar-refractivity contribution >= 4 is 29.1 Å². The molecule has 1 aromatic heterocycles. The van der Waals surface area contributed by atoms with Gasteiger partial charge in [-0.25, -0.2) is 4.68 Å². The van der Waals surface area contributed by atoms with Gasteiger partial charge in [-0.15, -0.1) is 0 Å². The number of carbonyl (C=O) groups excluding carboxylic acids is 1. The van der Waals surface area contributed by atoms with E-state index in [2.05, 4.69) is 10.4 Å². The number of amides is 1. The van der Waals surface area contributed by atoms with Crippen LogP contribution in [0.2, 0.25) is 10.2 Å². The highest BCUT2D eigenvalue weighted by molar-refractivity contribution is 6.33. The van der Waals surface area contributed by atoms with E-state index < -0.39 is 0 Å². The molecule has 0 fully saturated rings. The Morgan fingerprint density at radius 2 is 1.81 bits per heavy atom. The van der Waals surface area contributed by atoms with Gasteiger partial charge in [-0.3, -0.25) is 4.79 Å². The van der Waals surface area contributed by atoms with Crippen LogP contribution in [0.25, 0.3) is 0 Å². The summed E-state index contributed by atoms with van der Waals surface area (Å²) in [5, 5.41) is 8.11. The Morgan fingerprint density at radius 1 is 1.11 bits per heavy atom. The number of nitrogens with zero attached hydrogens (tertiary/aromatic N) is 2. The number of nitrogens with one attached hydrogen (secondary N) is 1. The molecule has 1 heterocycles. The normalized spacial score (nSPS) is 10.6. The Kier molecular flexibility index (Phi) is 6.37. The first-order valence-electron chi connectivity index (χ1n) is 8.48. The van der Waals surface area contributed by atoms with Gasteiger partial charge in [0.2, 0.25) is 0 Å². The summed E-state index contributed by atoms with van der Waals surface area (Å²) in [4.78, 5) is 12.5. The lowest BCUT2D eigenvalue weighted by Crippen LogP contribution is -2.28. The van der Waals surface area contributed by atoms with Crippen molar-refractivity contribution in [3.63, 3.8) is 0 Å². The molecular formula is C20H19Cl2N3O2. The molecule has 0 saturated heterocycles. The van der Waals surface area contributed by atoms with Crippen LogP contribution < -0.4 is 10.1 Å². The second-order valence-electron chi connectivity index (χ2n) is 5.92. The van der Waals surface area contributed by atoms with E-state index in [0.29, 0.717) is 36.0 Å². The molecule has 3 aromatic rings.